The molecule has 0 unspecified atom stereocenters. The standard InChI is InChI=1S/C24H25FN4O2S/c1-16-6-5-9-20(17(16)2)26-22(30)14-28-10-12-29(13-11-28)24(31)21-15-32-23(27-21)18-7-3-4-8-19(18)25/h3-9,15H,10-14H2,1-2H3,(H,26,30). The van der Waals surface area contributed by atoms with Gasteiger partial charge in [-0.15, -0.1) is 11.3 Å². The van der Waals surface area contributed by atoms with Crippen molar-refractivity contribution in [2.75, 3.05) is 38.0 Å². The van der Waals surface area contributed by atoms with Gasteiger partial charge in [0.25, 0.3) is 5.91 Å². The SMILES string of the molecule is Cc1cccc(NC(=O)CN2CCN(C(=O)c3csc(-c4ccccc4F)n3)CC2)c1C. The molecule has 1 aliphatic heterocycles. The van der Waals surface area contributed by atoms with Crippen molar-refractivity contribution in [1.82, 2.24) is 14.8 Å². The Balaban J connectivity index is 1.31. The molecular formula is C24H25FN4O2S. The van der Waals surface area contributed by atoms with E-state index in [4.69, 9.17) is 0 Å². The zero-order chi connectivity index (χ0) is 22.7. The summed E-state index contributed by atoms with van der Waals surface area (Å²) in [4.78, 5) is 33.4. The smallest absolute Gasteiger partial charge is 0.273 e. The number of hydrogen-bond donors (Lipinski definition) is 1. The zero-order valence-corrected chi connectivity index (χ0v) is 18.9. The summed E-state index contributed by atoms with van der Waals surface area (Å²) in [5.74, 6) is -0.579. The van der Waals surface area contributed by atoms with Crippen molar-refractivity contribution in [3.05, 3.63) is 70.5 Å². The first-order chi connectivity index (χ1) is 15.4. The van der Waals surface area contributed by atoms with Crippen LogP contribution in [0.2, 0.25) is 0 Å². The van der Waals surface area contributed by atoms with Gasteiger partial charge < -0.3 is 10.2 Å². The largest absolute Gasteiger partial charge is 0.335 e. The van der Waals surface area contributed by atoms with E-state index in [1.165, 1.54) is 17.4 Å². The maximum atomic E-state index is 14.0. The fourth-order valence-electron chi connectivity index (χ4n) is 3.68. The molecule has 1 aliphatic rings. The highest BCUT2D eigenvalue weighted by atomic mass is 32.1. The first-order valence-electron chi connectivity index (χ1n) is 10.5. The average Bonchev–Trinajstić information content (AvgIpc) is 3.27. The molecule has 4 rings (SSSR count). The Bertz CT molecular complexity index is 1140. The maximum absolute atomic E-state index is 14.0. The van der Waals surface area contributed by atoms with Crippen LogP contribution < -0.4 is 5.32 Å². The number of aryl methyl sites for hydroxylation is 1. The Morgan fingerprint density at radius 1 is 1.06 bits per heavy atom. The predicted octanol–water partition coefficient (Wildman–Crippen LogP) is 3.96. The van der Waals surface area contributed by atoms with Crippen LogP contribution in [0.25, 0.3) is 10.6 Å². The molecule has 0 spiro atoms. The first-order valence-corrected chi connectivity index (χ1v) is 11.4. The number of hydrogen-bond acceptors (Lipinski definition) is 5. The number of piperazine rings is 1. The number of anilines is 1. The van der Waals surface area contributed by atoms with Crippen molar-refractivity contribution in [2.24, 2.45) is 0 Å². The molecule has 1 saturated heterocycles. The number of carbonyl (C=O) groups excluding carboxylic acids is 2. The van der Waals surface area contributed by atoms with Crippen molar-refractivity contribution >= 4 is 28.8 Å². The van der Waals surface area contributed by atoms with Crippen LogP contribution >= 0.6 is 11.3 Å². The molecule has 3 aromatic rings. The lowest BCUT2D eigenvalue weighted by Crippen LogP contribution is -2.50. The second kappa shape index (κ2) is 9.58. The molecule has 1 fully saturated rings. The maximum Gasteiger partial charge on any atom is 0.273 e. The van der Waals surface area contributed by atoms with Crippen LogP contribution in [0.1, 0.15) is 21.6 Å². The first kappa shape index (κ1) is 22.1. The number of benzene rings is 2. The van der Waals surface area contributed by atoms with Gasteiger partial charge in [0, 0.05) is 42.8 Å². The Kier molecular flexibility index (Phi) is 6.62. The highest BCUT2D eigenvalue weighted by molar-refractivity contribution is 7.13. The van der Waals surface area contributed by atoms with Gasteiger partial charge in [-0.05, 0) is 43.2 Å². The van der Waals surface area contributed by atoms with Crippen LogP contribution in [-0.4, -0.2) is 59.3 Å². The van der Waals surface area contributed by atoms with Gasteiger partial charge in [-0.3, -0.25) is 14.5 Å². The van der Waals surface area contributed by atoms with Gasteiger partial charge in [0.05, 0.1) is 6.54 Å². The van der Waals surface area contributed by atoms with Crippen molar-refractivity contribution in [1.29, 1.82) is 0 Å². The van der Waals surface area contributed by atoms with Crippen molar-refractivity contribution < 1.29 is 14.0 Å². The Morgan fingerprint density at radius 2 is 1.81 bits per heavy atom. The lowest BCUT2D eigenvalue weighted by molar-refractivity contribution is -0.117. The van der Waals surface area contributed by atoms with E-state index < -0.39 is 0 Å². The van der Waals surface area contributed by atoms with E-state index in [1.807, 2.05) is 36.9 Å². The summed E-state index contributed by atoms with van der Waals surface area (Å²) in [5.41, 5.74) is 3.76. The number of aromatic nitrogens is 1. The molecule has 1 aromatic heterocycles. The van der Waals surface area contributed by atoms with Gasteiger partial charge in [0.15, 0.2) is 0 Å². The second-order valence-electron chi connectivity index (χ2n) is 7.88. The highest BCUT2D eigenvalue weighted by Crippen LogP contribution is 2.26. The van der Waals surface area contributed by atoms with Crippen LogP contribution in [0, 0.1) is 19.7 Å². The van der Waals surface area contributed by atoms with Crippen molar-refractivity contribution in [2.45, 2.75) is 13.8 Å². The summed E-state index contributed by atoms with van der Waals surface area (Å²) >= 11 is 1.26. The van der Waals surface area contributed by atoms with E-state index in [0.29, 0.717) is 42.4 Å². The van der Waals surface area contributed by atoms with Crippen LogP contribution in [0.4, 0.5) is 10.1 Å². The van der Waals surface area contributed by atoms with E-state index in [-0.39, 0.29) is 24.2 Å². The molecule has 1 N–H and O–H groups in total. The van der Waals surface area contributed by atoms with Crippen LogP contribution in [0.5, 0.6) is 0 Å². The topological polar surface area (TPSA) is 65.5 Å². The van der Waals surface area contributed by atoms with Gasteiger partial charge in [0.2, 0.25) is 5.91 Å². The Morgan fingerprint density at radius 3 is 2.56 bits per heavy atom. The lowest BCUT2D eigenvalue weighted by atomic mass is 10.1. The third-order valence-electron chi connectivity index (χ3n) is 5.73. The number of nitrogens with one attached hydrogen (secondary N) is 1. The fraction of sp³-hybridized carbons (Fsp3) is 0.292. The molecule has 8 heteroatoms. The quantitative estimate of drug-likeness (QED) is 0.636. The molecule has 0 aliphatic carbocycles. The Labute approximate surface area is 190 Å². The third-order valence-corrected chi connectivity index (χ3v) is 6.61. The third kappa shape index (κ3) is 4.87. The molecule has 32 heavy (non-hydrogen) atoms. The van der Waals surface area contributed by atoms with E-state index in [9.17, 15) is 14.0 Å². The van der Waals surface area contributed by atoms with Crippen LogP contribution in [-0.2, 0) is 4.79 Å². The minimum atomic E-state index is -0.353. The number of nitrogens with zero attached hydrogens (tertiary/aromatic N) is 3. The summed E-state index contributed by atoms with van der Waals surface area (Å²) in [7, 11) is 0. The Hall–Kier alpha value is -3.10. The van der Waals surface area contributed by atoms with Gasteiger partial charge in [-0.25, -0.2) is 9.37 Å². The normalized spacial score (nSPS) is 14.4. The van der Waals surface area contributed by atoms with Gasteiger partial charge in [-0.1, -0.05) is 24.3 Å². The van der Waals surface area contributed by atoms with Gasteiger partial charge in [-0.2, -0.15) is 0 Å². The molecule has 0 radical (unpaired) electrons. The van der Waals surface area contributed by atoms with Gasteiger partial charge >= 0.3 is 0 Å². The summed E-state index contributed by atoms with van der Waals surface area (Å²) < 4.78 is 14.0. The minimum absolute atomic E-state index is 0.0625. The van der Waals surface area contributed by atoms with Crippen molar-refractivity contribution in [3.63, 3.8) is 0 Å². The zero-order valence-electron chi connectivity index (χ0n) is 18.1. The summed E-state index contributed by atoms with van der Waals surface area (Å²) in [5, 5.41) is 5.15. The molecule has 0 bridgehead atoms. The number of rotatable bonds is 5. The molecule has 166 valence electrons. The minimum Gasteiger partial charge on any atom is -0.335 e. The summed E-state index contributed by atoms with van der Waals surface area (Å²) in [6, 6.07) is 12.3. The fourth-order valence-corrected chi connectivity index (χ4v) is 4.50. The summed E-state index contributed by atoms with van der Waals surface area (Å²) in [6.45, 7) is 6.54. The van der Waals surface area contributed by atoms with E-state index in [0.717, 1.165) is 16.8 Å². The number of carbonyl (C=O) groups is 2. The highest BCUT2D eigenvalue weighted by Gasteiger charge is 2.25. The van der Waals surface area contributed by atoms with E-state index in [1.54, 1.807) is 28.5 Å². The predicted molar refractivity (Wildman–Crippen MR) is 124 cm³/mol. The molecule has 6 nitrogen and oxygen atoms in total. The van der Waals surface area contributed by atoms with E-state index in [2.05, 4.69) is 10.3 Å². The molecule has 2 amide bonds. The lowest BCUT2D eigenvalue weighted by Gasteiger charge is -2.34. The van der Waals surface area contributed by atoms with Crippen molar-refractivity contribution in [3.8, 4) is 10.6 Å². The average molecular weight is 453 g/mol. The molecule has 2 aromatic carbocycles. The van der Waals surface area contributed by atoms with Crippen LogP contribution in [0.3, 0.4) is 0 Å². The van der Waals surface area contributed by atoms with E-state index >= 15 is 0 Å². The summed E-state index contributed by atoms with van der Waals surface area (Å²) in [6.07, 6.45) is 0. The molecule has 0 saturated carbocycles. The number of thiazole rings is 1. The molecular weight excluding hydrogens is 427 g/mol. The van der Waals surface area contributed by atoms with Crippen LogP contribution in [0.15, 0.2) is 47.8 Å². The monoisotopic (exact) mass is 452 g/mol. The number of halogens is 1. The number of amides is 2. The van der Waals surface area contributed by atoms with Gasteiger partial charge in [0.1, 0.15) is 16.5 Å². The second-order valence-corrected chi connectivity index (χ2v) is 8.74. The molecule has 0 atom stereocenters. The molecule has 2 heterocycles.